The number of hydrogen-bond acceptors (Lipinski definition) is 5. The summed E-state index contributed by atoms with van der Waals surface area (Å²) in [6.45, 7) is 4.99. The molecule has 4 rings (SSSR count). The number of piperazine rings is 1. The molecule has 1 aliphatic heterocycles. The summed E-state index contributed by atoms with van der Waals surface area (Å²) in [4.78, 5) is 16.2. The number of aromatic nitrogens is 3. The topological polar surface area (TPSA) is 63.1 Å². The summed E-state index contributed by atoms with van der Waals surface area (Å²) >= 11 is 1.67. The number of nitrogens with one attached hydrogen (secondary N) is 1. The normalized spacial score (nSPS) is 16.6. The molecule has 1 amide bonds. The van der Waals surface area contributed by atoms with E-state index in [1.54, 1.807) is 22.2 Å². The van der Waals surface area contributed by atoms with Crippen LogP contribution in [-0.2, 0) is 13.0 Å². The fourth-order valence-electron chi connectivity index (χ4n) is 3.40. The van der Waals surface area contributed by atoms with Crippen LogP contribution in [0.4, 0.5) is 0 Å². The van der Waals surface area contributed by atoms with Gasteiger partial charge in [-0.1, -0.05) is 42.5 Å². The monoisotopic (exact) mass is 417 g/mol. The van der Waals surface area contributed by atoms with Crippen molar-refractivity contribution in [2.24, 2.45) is 0 Å². The number of aryl methyl sites for hydroxylation is 1. The van der Waals surface area contributed by atoms with Crippen LogP contribution in [0.3, 0.4) is 0 Å². The van der Waals surface area contributed by atoms with Crippen molar-refractivity contribution in [2.75, 3.05) is 19.6 Å². The zero-order valence-corrected chi connectivity index (χ0v) is 17.4. The van der Waals surface area contributed by atoms with Gasteiger partial charge < -0.3 is 10.2 Å². The highest BCUT2D eigenvalue weighted by Crippen LogP contribution is 2.24. The molecule has 0 saturated carbocycles. The first kappa shape index (κ1) is 20.5. The third-order valence-corrected chi connectivity index (χ3v) is 5.79. The van der Waals surface area contributed by atoms with Crippen LogP contribution < -0.4 is 5.32 Å². The summed E-state index contributed by atoms with van der Waals surface area (Å²) in [6.07, 6.45) is 2.76. The summed E-state index contributed by atoms with van der Waals surface area (Å²) in [5, 5.41) is 13.7. The average Bonchev–Trinajstić information content (AvgIpc) is 3.40. The average molecular weight is 418 g/mol. The van der Waals surface area contributed by atoms with Crippen molar-refractivity contribution in [1.29, 1.82) is 0 Å². The molecule has 3 aromatic rings. The molecule has 1 unspecified atom stereocenters. The predicted octanol–water partition coefficient (Wildman–Crippen LogP) is 3.16. The molecule has 0 spiro atoms. The lowest BCUT2D eigenvalue weighted by atomic mass is 10.0. The smallest absolute Gasteiger partial charge is 0.276 e. The lowest BCUT2D eigenvalue weighted by molar-refractivity contribution is 0.0628. The van der Waals surface area contributed by atoms with E-state index in [-0.39, 0.29) is 24.4 Å². The first-order chi connectivity index (χ1) is 13.2. The van der Waals surface area contributed by atoms with E-state index in [2.05, 4.69) is 52.9 Å². The van der Waals surface area contributed by atoms with Crippen LogP contribution in [0.25, 0.3) is 0 Å². The van der Waals surface area contributed by atoms with E-state index in [9.17, 15) is 4.79 Å². The lowest BCUT2D eigenvalue weighted by Gasteiger charge is -2.36. The van der Waals surface area contributed by atoms with E-state index in [0.29, 0.717) is 18.8 Å². The number of carbonyl (C=O) groups excluding carboxylic acids is 1. The van der Waals surface area contributed by atoms with Crippen molar-refractivity contribution in [3.8, 4) is 0 Å². The van der Waals surface area contributed by atoms with Gasteiger partial charge in [0.25, 0.3) is 5.91 Å². The molecule has 28 heavy (non-hydrogen) atoms. The SMILES string of the molecule is CCc1ccc(C2CNCCN2C(=O)c2cn(Cc3cccs3)nn2)cc1.Cl. The standard InChI is InChI=1S/C20H23N5OS.ClH/c1-2-15-5-7-16(8-6-15)19-12-21-9-10-25(19)20(26)18-14-24(23-22-18)13-17-4-3-11-27-17;/h3-8,11,14,19,21H,2,9-10,12-13H2,1H3;1H. The van der Waals surface area contributed by atoms with E-state index < -0.39 is 0 Å². The Balaban J connectivity index is 0.00000225. The van der Waals surface area contributed by atoms with Gasteiger partial charge in [-0.05, 0) is 29.0 Å². The second kappa shape index (κ2) is 9.32. The largest absolute Gasteiger partial charge is 0.328 e. The molecule has 8 heteroatoms. The second-order valence-electron chi connectivity index (χ2n) is 6.69. The maximum absolute atomic E-state index is 13.1. The number of nitrogens with zero attached hydrogens (tertiary/aromatic N) is 4. The summed E-state index contributed by atoms with van der Waals surface area (Å²) in [5.74, 6) is -0.0569. The molecule has 0 bridgehead atoms. The Kier molecular flexibility index (Phi) is 6.83. The van der Waals surface area contributed by atoms with E-state index in [1.807, 2.05) is 16.3 Å². The van der Waals surface area contributed by atoms with Crippen LogP contribution in [-0.4, -0.2) is 45.4 Å². The number of benzene rings is 1. The van der Waals surface area contributed by atoms with Gasteiger partial charge in [0.2, 0.25) is 0 Å². The highest BCUT2D eigenvalue weighted by molar-refractivity contribution is 7.09. The zero-order valence-electron chi connectivity index (χ0n) is 15.7. The Morgan fingerprint density at radius 1 is 1.29 bits per heavy atom. The van der Waals surface area contributed by atoms with Crippen molar-refractivity contribution in [3.05, 3.63) is 69.7 Å². The summed E-state index contributed by atoms with van der Waals surface area (Å²) in [7, 11) is 0. The quantitative estimate of drug-likeness (QED) is 0.692. The molecule has 2 aromatic heterocycles. The number of hydrogen-bond donors (Lipinski definition) is 1. The highest BCUT2D eigenvalue weighted by atomic mass is 35.5. The Labute approximate surface area is 175 Å². The van der Waals surface area contributed by atoms with Crippen LogP contribution in [0.5, 0.6) is 0 Å². The van der Waals surface area contributed by atoms with E-state index >= 15 is 0 Å². The molecule has 1 saturated heterocycles. The fourth-order valence-corrected chi connectivity index (χ4v) is 4.10. The molecule has 1 fully saturated rings. The van der Waals surface area contributed by atoms with Gasteiger partial charge >= 0.3 is 0 Å². The number of thiophene rings is 1. The van der Waals surface area contributed by atoms with Gasteiger partial charge in [0, 0.05) is 24.5 Å². The van der Waals surface area contributed by atoms with Crippen LogP contribution in [0.2, 0.25) is 0 Å². The Morgan fingerprint density at radius 3 is 2.82 bits per heavy atom. The van der Waals surface area contributed by atoms with Crippen LogP contribution in [0.15, 0.2) is 48.0 Å². The molecule has 1 aliphatic rings. The summed E-state index contributed by atoms with van der Waals surface area (Å²) < 4.78 is 1.73. The van der Waals surface area contributed by atoms with Crippen LogP contribution >= 0.6 is 23.7 Å². The van der Waals surface area contributed by atoms with Crippen molar-refractivity contribution < 1.29 is 4.79 Å². The number of rotatable bonds is 5. The maximum Gasteiger partial charge on any atom is 0.276 e. The molecule has 1 atom stereocenters. The number of amides is 1. The molecule has 3 heterocycles. The molecular formula is C20H24ClN5OS. The van der Waals surface area contributed by atoms with Gasteiger partial charge in [-0.15, -0.1) is 28.8 Å². The van der Waals surface area contributed by atoms with Gasteiger partial charge in [0.15, 0.2) is 5.69 Å². The van der Waals surface area contributed by atoms with Crippen molar-refractivity contribution >= 4 is 29.7 Å². The predicted molar refractivity (Wildman–Crippen MR) is 113 cm³/mol. The molecule has 148 valence electrons. The Morgan fingerprint density at radius 2 is 2.11 bits per heavy atom. The Bertz CT molecular complexity index is 894. The van der Waals surface area contributed by atoms with Gasteiger partial charge in [-0.3, -0.25) is 4.79 Å². The third kappa shape index (κ3) is 4.43. The molecule has 0 aliphatic carbocycles. The fraction of sp³-hybridized carbons (Fsp3) is 0.350. The summed E-state index contributed by atoms with van der Waals surface area (Å²) in [6, 6.07) is 12.6. The lowest BCUT2D eigenvalue weighted by Crippen LogP contribution is -2.48. The summed E-state index contributed by atoms with van der Waals surface area (Å²) in [5.41, 5.74) is 2.86. The molecule has 1 N–H and O–H groups in total. The first-order valence-electron chi connectivity index (χ1n) is 9.27. The first-order valence-corrected chi connectivity index (χ1v) is 10.2. The molecule has 1 aromatic carbocycles. The van der Waals surface area contributed by atoms with E-state index in [4.69, 9.17) is 0 Å². The highest BCUT2D eigenvalue weighted by Gasteiger charge is 2.30. The maximum atomic E-state index is 13.1. The molecule has 0 radical (unpaired) electrons. The van der Waals surface area contributed by atoms with Crippen molar-refractivity contribution in [1.82, 2.24) is 25.2 Å². The van der Waals surface area contributed by atoms with Crippen LogP contribution in [0, 0.1) is 0 Å². The number of halogens is 1. The van der Waals surface area contributed by atoms with Gasteiger partial charge in [0.05, 0.1) is 18.8 Å². The third-order valence-electron chi connectivity index (χ3n) is 4.93. The minimum absolute atomic E-state index is 0. The Hall–Kier alpha value is -2.22. The van der Waals surface area contributed by atoms with Gasteiger partial charge in [-0.25, -0.2) is 4.68 Å². The molecule has 6 nitrogen and oxygen atoms in total. The minimum Gasteiger partial charge on any atom is -0.328 e. The van der Waals surface area contributed by atoms with Crippen LogP contribution in [0.1, 0.15) is 39.5 Å². The zero-order chi connectivity index (χ0) is 18.6. The van der Waals surface area contributed by atoms with Gasteiger partial charge in [-0.2, -0.15) is 0 Å². The minimum atomic E-state index is -0.0569. The van der Waals surface area contributed by atoms with Crippen molar-refractivity contribution in [3.63, 3.8) is 0 Å². The van der Waals surface area contributed by atoms with Gasteiger partial charge in [0.1, 0.15) is 0 Å². The number of carbonyl (C=O) groups is 1. The van der Waals surface area contributed by atoms with E-state index in [1.165, 1.54) is 10.4 Å². The van der Waals surface area contributed by atoms with Crippen molar-refractivity contribution in [2.45, 2.75) is 25.9 Å². The van der Waals surface area contributed by atoms with E-state index in [0.717, 1.165) is 25.1 Å². The second-order valence-corrected chi connectivity index (χ2v) is 7.73. The molecular weight excluding hydrogens is 394 g/mol.